The quantitative estimate of drug-likeness (QED) is 0.768. The van der Waals surface area contributed by atoms with E-state index in [4.69, 9.17) is 9.47 Å². The van der Waals surface area contributed by atoms with Crippen LogP contribution in [0, 0.1) is 11.6 Å². The molecule has 0 aliphatic heterocycles. The highest BCUT2D eigenvalue weighted by atomic mass is 19.2. The number of methoxy groups -OCH3 is 2. The van der Waals surface area contributed by atoms with Gasteiger partial charge in [-0.1, -0.05) is 6.07 Å². The summed E-state index contributed by atoms with van der Waals surface area (Å²) in [6, 6.07) is 8.90. The predicted octanol–water partition coefficient (Wildman–Crippen LogP) is 3.10. The first-order valence-electron chi connectivity index (χ1n) is 7.70. The summed E-state index contributed by atoms with van der Waals surface area (Å²) in [5.41, 5.74) is 1.30. The van der Waals surface area contributed by atoms with E-state index in [9.17, 15) is 13.6 Å². The lowest BCUT2D eigenvalue weighted by atomic mass is 10.2. The largest absolute Gasteiger partial charge is 0.493 e. The van der Waals surface area contributed by atoms with E-state index in [1.807, 2.05) is 6.07 Å². The summed E-state index contributed by atoms with van der Waals surface area (Å²) >= 11 is 0. The molecule has 2 aromatic rings. The smallest absolute Gasteiger partial charge is 0.222 e. The third-order valence-electron chi connectivity index (χ3n) is 3.54. The molecule has 134 valence electrons. The first-order valence-corrected chi connectivity index (χ1v) is 7.70. The summed E-state index contributed by atoms with van der Waals surface area (Å²) in [7, 11) is 3.10. The van der Waals surface area contributed by atoms with E-state index in [1.165, 1.54) is 6.07 Å². The predicted molar refractivity (Wildman–Crippen MR) is 90.9 cm³/mol. The van der Waals surface area contributed by atoms with Gasteiger partial charge in [0.05, 0.1) is 14.2 Å². The van der Waals surface area contributed by atoms with E-state index in [0.717, 1.165) is 17.7 Å². The van der Waals surface area contributed by atoms with Crippen molar-refractivity contribution in [3.05, 3.63) is 53.6 Å². The third kappa shape index (κ3) is 5.34. The summed E-state index contributed by atoms with van der Waals surface area (Å²) in [5.74, 6) is -0.784. The number of amides is 1. The minimum Gasteiger partial charge on any atom is -0.493 e. The van der Waals surface area contributed by atoms with Crippen LogP contribution in [0.25, 0.3) is 0 Å². The Labute approximate surface area is 144 Å². The summed E-state index contributed by atoms with van der Waals surface area (Å²) in [5, 5.41) is 5.66. The van der Waals surface area contributed by atoms with Crippen molar-refractivity contribution in [1.29, 1.82) is 0 Å². The maximum absolute atomic E-state index is 13.1. The summed E-state index contributed by atoms with van der Waals surface area (Å²) < 4.78 is 36.3. The first-order chi connectivity index (χ1) is 12.0. The molecule has 0 saturated carbocycles. The van der Waals surface area contributed by atoms with Crippen LogP contribution >= 0.6 is 0 Å². The van der Waals surface area contributed by atoms with Crippen LogP contribution in [0.2, 0.25) is 0 Å². The highest BCUT2D eigenvalue weighted by molar-refractivity contribution is 5.76. The molecule has 2 aromatic carbocycles. The number of rotatable bonds is 8. The molecule has 0 aromatic heterocycles. The van der Waals surface area contributed by atoms with E-state index >= 15 is 0 Å². The zero-order valence-corrected chi connectivity index (χ0v) is 14.1. The zero-order chi connectivity index (χ0) is 18.2. The summed E-state index contributed by atoms with van der Waals surface area (Å²) in [6.07, 6.45) is 0.201. The van der Waals surface area contributed by atoms with E-state index in [0.29, 0.717) is 30.3 Å². The molecule has 0 radical (unpaired) electrons. The van der Waals surface area contributed by atoms with Gasteiger partial charge in [0.1, 0.15) is 0 Å². The number of ether oxygens (including phenoxy) is 2. The Morgan fingerprint density at radius 3 is 2.44 bits per heavy atom. The maximum Gasteiger partial charge on any atom is 0.222 e. The van der Waals surface area contributed by atoms with Crippen LogP contribution < -0.4 is 20.1 Å². The monoisotopic (exact) mass is 350 g/mol. The molecule has 25 heavy (non-hydrogen) atoms. The number of benzene rings is 2. The maximum atomic E-state index is 13.1. The number of hydrogen-bond acceptors (Lipinski definition) is 4. The van der Waals surface area contributed by atoms with Gasteiger partial charge in [0.25, 0.3) is 0 Å². The molecule has 0 saturated heterocycles. The molecule has 0 atom stereocenters. The van der Waals surface area contributed by atoms with Gasteiger partial charge in [-0.2, -0.15) is 0 Å². The molecule has 0 aliphatic carbocycles. The van der Waals surface area contributed by atoms with E-state index in [1.54, 1.807) is 26.4 Å². The van der Waals surface area contributed by atoms with Gasteiger partial charge in [-0.15, -0.1) is 0 Å². The molecule has 0 aliphatic rings. The lowest BCUT2D eigenvalue weighted by molar-refractivity contribution is -0.121. The van der Waals surface area contributed by atoms with Crippen LogP contribution in [0.1, 0.15) is 12.0 Å². The average Bonchev–Trinajstić information content (AvgIpc) is 2.62. The molecule has 2 rings (SSSR count). The molecule has 1 amide bonds. The van der Waals surface area contributed by atoms with Gasteiger partial charge in [-0.3, -0.25) is 4.79 Å². The average molecular weight is 350 g/mol. The van der Waals surface area contributed by atoms with Crippen LogP contribution in [0.3, 0.4) is 0 Å². The molecule has 2 N–H and O–H groups in total. The van der Waals surface area contributed by atoms with Gasteiger partial charge >= 0.3 is 0 Å². The first kappa shape index (κ1) is 18.5. The van der Waals surface area contributed by atoms with Gasteiger partial charge in [0, 0.05) is 25.2 Å². The lowest BCUT2D eigenvalue weighted by Gasteiger charge is -2.11. The molecular weight excluding hydrogens is 330 g/mol. The van der Waals surface area contributed by atoms with Crippen molar-refractivity contribution in [2.75, 3.05) is 26.1 Å². The Kier molecular flexibility index (Phi) is 6.56. The van der Waals surface area contributed by atoms with Gasteiger partial charge in [-0.25, -0.2) is 8.78 Å². The second-order valence-corrected chi connectivity index (χ2v) is 5.27. The van der Waals surface area contributed by atoms with Gasteiger partial charge in [0.15, 0.2) is 23.1 Å². The number of nitrogens with one attached hydrogen (secondary N) is 2. The topological polar surface area (TPSA) is 59.6 Å². The van der Waals surface area contributed by atoms with Crippen LogP contribution in [-0.4, -0.2) is 26.7 Å². The fourth-order valence-corrected chi connectivity index (χ4v) is 2.21. The fraction of sp³-hybridized carbons (Fsp3) is 0.278. The molecule has 0 bridgehead atoms. The highest BCUT2D eigenvalue weighted by Gasteiger charge is 2.07. The van der Waals surface area contributed by atoms with E-state index < -0.39 is 11.6 Å². The van der Waals surface area contributed by atoms with Crippen molar-refractivity contribution in [2.45, 2.75) is 13.0 Å². The molecule has 5 nitrogen and oxygen atoms in total. The van der Waals surface area contributed by atoms with Crippen molar-refractivity contribution in [3.8, 4) is 11.5 Å². The lowest BCUT2D eigenvalue weighted by Crippen LogP contribution is -2.24. The third-order valence-corrected chi connectivity index (χ3v) is 3.54. The standard InChI is InChI=1S/C18H20F2N2O3/c1-24-16-6-3-12(9-17(16)25-2)11-22-18(23)7-8-21-13-4-5-14(19)15(20)10-13/h3-6,9-10,21H,7-8,11H2,1-2H3,(H,22,23). The Morgan fingerprint density at radius 2 is 1.76 bits per heavy atom. The zero-order valence-electron chi connectivity index (χ0n) is 14.1. The van der Waals surface area contributed by atoms with Gasteiger partial charge in [-0.05, 0) is 35.9 Å². The van der Waals surface area contributed by atoms with Crippen molar-refractivity contribution >= 4 is 11.6 Å². The molecule has 0 heterocycles. The van der Waals surface area contributed by atoms with Crippen molar-refractivity contribution < 1.29 is 23.0 Å². The normalized spacial score (nSPS) is 10.2. The Morgan fingerprint density at radius 1 is 1.00 bits per heavy atom. The summed E-state index contributed by atoms with van der Waals surface area (Å²) in [4.78, 5) is 11.9. The number of carbonyl (C=O) groups is 1. The molecular formula is C18H20F2N2O3. The fourth-order valence-electron chi connectivity index (χ4n) is 2.21. The number of halogens is 2. The Bertz CT molecular complexity index is 738. The minimum absolute atomic E-state index is 0.162. The van der Waals surface area contributed by atoms with Crippen molar-refractivity contribution in [3.63, 3.8) is 0 Å². The number of carbonyl (C=O) groups excluding carboxylic acids is 1. The Balaban J connectivity index is 1.78. The number of anilines is 1. The molecule has 7 heteroatoms. The second-order valence-electron chi connectivity index (χ2n) is 5.27. The van der Waals surface area contributed by atoms with Crippen LogP contribution in [0.4, 0.5) is 14.5 Å². The highest BCUT2D eigenvalue weighted by Crippen LogP contribution is 2.27. The SMILES string of the molecule is COc1ccc(CNC(=O)CCNc2ccc(F)c(F)c2)cc1OC. The van der Waals surface area contributed by atoms with E-state index in [2.05, 4.69) is 10.6 Å². The van der Waals surface area contributed by atoms with Crippen molar-refractivity contribution in [2.24, 2.45) is 0 Å². The van der Waals surface area contributed by atoms with Crippen LogP contribution in [-0.2, 0) is 11.3 Å². The van der Waals surface area contributed by atoms with Gasteiger partial charge < -0.3 is 20.1 Å². The summed E-state index contributed by atoms with van der Waals surface area (Å²) in [6.45, 7) is 0.660. The second kappa shape index (κ2) is 8.86. The molecule has 0 fully saturated rings. The van der Waals surface area contributed by atoms with Crippen LogP contribution in [0.15, 0.2) is 36.4 Å². The van der Waals surface area contributed by atoms with E-state index in [-0.39, 0.29) is 12.3 Å². The molecule has 0 spiro atoms. The minimum atomic E-state index is -0.928. The van der Waals surface area contributed by atoms with Gasteiger partial charge in [0.2, 0.25) is 5.91 Å². The molecule has 0 unspecified atom stereocenters. The number of hydrogen-bond donors (Lipinski definition) is 2. The Hall–Kier alpha value is -2.83. The van der Waals surface area contributed by atoms with Crippen molar-refractivity contribution in [1.82, 2.24) is 5.32 Å². The van der Waals surface area contributed by atoms with Crippen LogP contribution in [0.5, 0.6) is 11.5 Å².